The molecule has 0 aliphatic carbocycles. The number of aromatic nitrogens is 1. The number of halogens is 1. The van der Waals surface area contributed by atoms with Crippen LogP contribution in [0.25, 0.3) is 0 Å². The molecule has 1 aromatic heterocycles. The predicted octanol–water partition coefficient (Wildman–Crippen LogP) is 1.39. The first-order chi connectivity index (χ1) is 11.0. The fourth-order valence-electron chi connectivity index (χ4n) is 2.43. The van der Waals surface area contributed by atoms with Crippen molar-refractivity contribution in [2.45, 2.75) is 27.3 Å². The highest BCUT2D eigenvalue weighted by atomic mass is 127. The van der Waals surface area contributed by atoms with Crippen LogP contribution in [-0.2, 0) is 6.54 Å². The van der Waals surface area contributed by atoms with Gasteiger partial charge >= 0.3 is 0 Å². The minimum Gasteiger partial charge on any atom is -0.396 e. The Morgan fingerprint density at radius 2 is 2.08 bits per heavy atom. The maximum atomic E-state index is 9.38. The van der Waals surface area contributed by atoms with E-state index in [4.69, 9.17) is 9.52 Å². The zero-order valence-corrected chi connectivity index (χ0v) is 17.2. The van der Waals surface area contributed by atoms with E-state index < -0.39 is 0 Å². The molecule has 0 saturated carbocycles. The quantitative estimate of drug-likeness (QED) is 0.387. The van der Waals surface area contributed by atoms with Crippen molar-refractivity contribution in [1.29, 1.82) is 0 Å². The van der Waals surface area contributed by atoms with Crippen molar-refractivity contribution in [3.8, 4) is 0 Å². The van der Waals surface area contributed by atoms with Gasteiger partial charge in [0.1, 0.15) is 6.26 Å². The summed E-state index contributed by atoms with van der Waals surface area (Å²) in [6.45, 7) is 12.4. The van der Waals surface area contributed by atoms with Crippen LogP contribution < -0.4 is 5.32 Å². The van der Waals surface area contributed by atoms with Crippen LogP contribution in [0.3, 0.4) is 0 Å². The van der Waals surface area contributed by atoms with E-state index in [1.54, 1.807) is 6.26 Å². The smallest absolute Gasteiger partial charge is 0.194 e. The molecule has 2 N–H and O–H groups in total. The molecule has 0 atom stereocenters. The largest absolute Gasteiger partial charge is 0.396 e. The highest BCUT2D eigenvalue weighted by Crippen LogP contribution is 2.14. The average Bonchev–Trinajstić information content (AvgIpc) is 3.05. The van der Waals surface area contributed by atoms with E-state index in [1.165, 1.54) is 0 Å². The summed E-state index contributed by atoms with van der Waals surface area (Å²) in [5, 5.41) is 16.7. The highest BCUT2D eigenvalue weighted by molar-refractivity contribution is 14.0. The molecular weight excluding hydrogens is 421 g/mol. The first-order valence-electron chi connectivity index (χ1n) is 8.30. The van der Waals surface area contributed by atoms with E-state index in [9.17, 15) is 5.11 Å². The van der Waals surface area contributed by atoms with Gasteiger partial charge in [0.25, 0.3) is 0 Å². The lowest BCUT2D eigenvalue weighted by atomic mass is 9.95. The average molecular weight is 451 g/mol. The molecule has 0 unspecified atom stereocenters. The number of aliphatic imine (C=N–C) groups is 1. The Morgan fingerprint density at radius 3 is 2.62 bits per heavy atom. The van der Waals surface area contributed by atoms with Crippen molar-refractivity contribution in [2.24, 2.45) is 10.4 Å². The van der Waals surface area contributed by atoms with Crippen LogP contribution in [0.2, 0.25) is 0 Å². The third kappa shape index (κ3) is 6.56. The van der Waals surface area contributed by atoms with Crippen LogP contribution in [0.15, 0.2) is 21.8 Å². The second-order valence-electron chi connectivity index (χ2n) is 6.75. The standard InChI is InChI=1S/C16H29N5O2.HI/c1-4-17-15(18-12-16(2,3)13-22)21-8-6-20(7-9-21)11-14-5-10-23-19-14;/h5,10,22H,4,6-9,11-13H2,1-3H3,(H,17,18);1H. The third-order valence-corrected chi connectivity index (χ3v) is 3.97. The van der Waals surface area contributed by atoms with Gasteiger partial charge in [0.2, 0.25) is 0 Å². The van der Waals surface area contributed by atoms with Crippen LogP contribution in [0.1, 0.15) is 26.5 Å². The molecule has 1 aliphatic heterocycles. The van der Waals surface area contributed by atoms with E-state index in [0.717, 1.165) is 50.9 Å². The number of nitrogens with one attached hydrogen (secondary N) is 1. The molecule has 0 spiro atoms. The summed E-state index contributed by atoms with van der Waals surface area (Å²) < 4.78 is 4.89. The molecule has 1 saturated heterocycles. The number of nitrogens with zero attached hydrogens (tertiary/aromatic N) is 4. The summed E-state index contributed by atoms with van der Waals surface area (Å²) in [6, 6.07) is 1.91. The number of hydrogen-bond donors (Lipinski definition) is 2. The monoisotopic (exact) mass is 451 g/mol. The molecule has 0 bridgehead atoms. The van der Waals surface area contributed by atoms with Crippen LogP contribution in [-0.4, -0.2) is 71.9 Å². The minimum atomic E-state index is -0.185. The van der Waals surface area contributed by atoms with Crippen molar-refractivity contribution >= 4 is 29.9 Å². The fraction of sp³-hybridized carbons (Fsp3) is 0.750. The van der Waals surface area contributed by atoms with Gasteiger partial charge in [-0.2, -0.15) is 0 Å². The molecular formula is C16H30IN5O2. The number of rotatable bonds is 6. The fourth-order valence-corrected chi connectivity index (χ4v) is 2.43. The molecule has 8 heteroatoms. The lowest BCUT2D eigenvalue weighted by Gasteiger charge is -2.36. The molecule has 0 amide bonds. The molecule has 1 aliphatic rings. The topological polar surface area (TPSA) is 77.1 Å². The number of piperazine rings is 1. The Kier molecular flexibility index (Phi) is 8.99. The second kappa shape index (κ2) is 10.2. The van der Waals surface area contributed by atoms with E-state index in [-0.39, 0.29) is 36.0 Å². The molecule has 1 fully saturated rings. The number of hydrogen-bond acceptors (Lipinski definition) is 5. The van der Waals surface area contributed by atoms with Gasteiger partial charge < -0.3 is 19.8 Å². The summed E-state index contributed by atoms with van der Waals surface area (Å²) in [6.07, 6.45) is 1.62. The van der Waals surface area contributed by atoms with Gasteiger partial charge in [-0.05, 0) is 6.92 Å². The van der Waals surface area contributed by atoms with Gasteiger partial charge in [-0.3, -0.25) is 9.89 Å². The lowest BCUT2D eigenvalue weighted by molar-refractivity contribution is 0.161. The molecule has 24 heavy (non-hydrogen) atoms. The minimum absolute atomic E-state index is 0. The second-order valence-corrected chi connectivity index (χ2v) is 6.75. The molecule has 138 valence electrons. The molecule has 2 rings (SSSR count). The van der Waals surface area contributed by atoms with Gasteiger partial charge in [-0.25, -0.2) is 0 Å². The number of aliphatic hydroxyl groups is 1. The van der Waals surface area contributed by atoms with Crippen molar-refractivity contribution in [1.82, 2.24) is 20.3 Å². The summed E-state index contributed by atoms with van der Waals surface area (Å²) in [7, 11) is 0. The maximum absolute atomic E-state index is 9.38. The molecule has 0 aromatic carbocycles. The number of aliphatic hydroxyl groups excluding tert-OH is 1. The van der Waals surface area contributed by atoms with Gasteiger partial charge in [0.05, 0.1) is 12.2 Å². The Morgan fingerprint density at radius 1 is 1.38 bits per heavy atom. The summed E-state index contributed by atoms with van der Waals surface area (Å²) in [5.41, 5.74) is 0.791. The Balaban J connectivity index is 0.00000288. The normalized spacial score (nSPS) is 16.8. The summed E-state index contributed by atoms with van der Waals surface area (Å²) in [5.74, 6) is 0.940. The predicted molar refractivity (Wildman–Crippen MR) is 106 cm³/mol. The van der Waals surface area contributed by atoms with Crippen LogP contribution in [0, 0.1) is 5.41 Å². The first kappa shape index (κ1) is 21.2. The zero-order chi connectivity index (χ0) is 16.7. The zero-order valence-electron chi connectivity index (χ0n) is 14.9. The SMILES string of the molecule is CCNC(=NCC(C)(C)CO)N1CCN(Cc2ccon2)CC1.I. The van der Waals surface area contributed by atoms with Crippen molar-refractivity contribution in [3.63, 3.8) is 0 Å². The molecule has 2 heterocycles. The molecule has 0 radical (unpaired) electrons. The van der Waals surface area contributed by atoms with Crippen molar-refractivity contribution in [3.05, 3.63) is 18.0 Å². The Labute approximate surface area is 161 Å². The van der Waals surface area contributed by atoms with E-state index in [1.807, 2.05) is 19.9 Å². The summed E-state index contributed by atoms with van der Waals surface area (Å²) >= 11 is 0. The van der Waals surface area contributed by atoms with Crippen molar-refractivity contribution in [2.75, 3.05) is 45.9 Å². The highest BCUT2D eigenvalue weighted by Gasteiger charge is 2.22. The molecule has 1 aromatic rings. The van der Waals surface area contributed by atoms with Crippen LogP contribution >= 0.6 is 24.0 Å². The number of guanidine groups is 1. The lowest BCUT2D eigenvalue weighted by Crippen LogP contribution is -2.52. The van der Waals surface area contributed by atoms with E-state index >= 15 is 0 Å². The van der Waals surface area contributed by atoms with E-state index in [2.05, 4.69) is 27.2 Å². The van der Waals surface area contributed by atoms with Crippen LogP contribution in [0.5, 0.6) is 0 Å². The van der Waals surface area contributed by atoms with Crippen molar-refractivity contribution < 1.29 is 9.63 Å². The first-order valence-corrected chi connectivity index (χ1v) is 8.30. The van der Waals surface area contributed by atoms with Gasteiger partial charge in [-0.15, -0.1) is 24.0 Å². The summed E-state index contributed by atoms with van der Waals surface area (Å²) in [4.78, 5) is 9.36. The molecule has 7 nitrogen and oxygen atoms in total. The van der Waals surface area contributed by atoms with Gasteiger partial charge in [0, 0.05) is 57.4 Å². The van der Waals surface area contributed by atoms with Gasteiger partial charge in [0.15, 0.2) is 5.96 Å². The van der Waals surface area contributed by atoms with Crippen LogP contribution in [0.4, 0.5) is 0 Å². The van der Waals surface area contributed by atoms with Gasteiger partial charge in [-0.1, -0.05) is 19.0 Å². The third-order valence-electron chi connectivity index (χ3n) is 3.97. The maximum Gasteiger partial charge on any atom is 0.194 e. The Hall–Kier alpha value is -0.870. The van der Waals surface area contributed by atoms with E-state index in [0.29, 0.717) is 6.54 Å². The Bertz CT molecular complexity index is 485.